The summed E-state index contributed by atoms with van der Waals surface area (Å²) in [6.07, 6.45) is -8.40. The van der Waals surface area contributed by atoms with E-state index in [2.05, 4.69) is 4.74 Å². The molecule has 0 amide bonds. The van der Waals surface area contributed by atoms with Crippen LogP contribution in [0.2, 0.25) is 0 Å². The van der Waals surface area contributed by atoms with Crippen LogP contribution in [0.15, 0.2) is 30.3 Å². The fraction of sp³-hybridized carbons (Fsp3) is 0.467. The summed E-state index contributed by atoms with van der Waals surface area (Å²) in [5.74, 6) is -36.9. The van der Waals surface area contributed by atoms with E-state index in [4.69, 9.17) is 0 Å². The molecule has 29 heavy (non-hydrogen) atoms. The second-order valence-corrected chi connectivity index (χ2v) is 5.52. The lowest BCUT2D eigenvalue weighted by atomic mass is 9.93. The van der Waals surface area contributed by atoms with Gasteiger partial charge in [-0.25, -0.2) is 0 Å². The molecular formula is C15H9F13O. The van der Waals surface area contributed by atoms with Gasteiger partial charge >= 0.3 is 35.8 Å². The summed E-state index contributed by atoms with van der Waals surface area (Å²) in [6.45, 7) is 0. The summed E-state index contributed by atoms with van der Waals surface area (Å²) in [4.78, 5) is 0. The predicted octanol–water partition coefficient (Wildman–Crippen LogP) is 6.45. The van der Waals surface area contributed by atoms with Crippen LogP contribution in [0.3, 0.4) is 0 Å². The smallest absolute Gasteiger partial charge is 0.460 e. The van der Waals surface area contributed by atoms with Crippen molar-refractivity contribution < 1.29 is 61.8 Å². The molecular weight excluding hydrogens is 443 g/mol. The van der Waals surface area contributed by atoms with Gasteiger partial charge in [-0.05, 0) is 23.8 Å². The number of hydrogen-bond donors (Lipinski definition) is 0. The molecule has 1 nitrogen and oxygen atoms in total. The van der Waals surface area contributed by atoms with Crippen LogP contribution in [-0.2, 0) is 0 Å². The van der Waals surface area contributed by atoms with Gasteiger partial charge in [0.1, 0.15) is 5.75 Å². The second kappa shape index (κ2) is 7.27. The molecule has 0 aliphatic heterocycles. The van der Waals surface area contributed by atoms with Crippen molar-refractivity contribution in [2.75, 3.05) is 7.11 Å². The SMILES string of the molecule is COc1ccc(/C=C/C(F)(F)C(F)(F)C(F)(F)C(F)(F)C(F)(F)C(F)(F)F)cc1. The number of halogens is 13. The number of methoxy groups -OCH3 is 1. The molecule has 0 radical (unpaired) electrons. The lowest BCUT2D eigenvalue weighted by Gasteiger charge is -2.39. The molecule has 0 unspecified atom stereocenters. The Morgan fingerprint density at radius 1 is 0.621 bits per heavy atom. The van der Waals surface area contributed by atoms with E-state index in [1.54, 1.807) is 0 Å². The fourth-order valence-electron chi connectivity index (χ4n) is 1.80. The van der Waals surface area contributed by atoms with Crippen LogP contribution < -0.4 is 4.74 Å². The first-order valence-electron chi connectivity index (χ1n) is 7.05. The number of alkyl halides is 13. The van der Waals surface area contributed by atoms with Gasteiger partial charge in [0.2, 0.25) is 0 Å². The van der Waals surface area contributed by atoms with Crippen molar-refractivity contribution in [3.8, 4) is 5.75 Å². The minimum absolute atomic E-state index is 0.0451. The van der Waals surface area contributed by atoms with Gasteiger partial charge in [-0.15, -0.1) is 0 Å². The van der Waals surface area contributed by atoms with Crippen molar-refractivity contribution in [1.82, 2.24) is 0 Å². The van der Waals surface area contributed by atoms with E-state index in [-0.39, 0.29) is 17.4 Å². The zero-order chi connectivity index (χ0) is 23.1. The van der Waals surface area contributed by atoms with Crippen molar-refractivity contribution in [1.29, 1.82) is 0 Å². The predicted molar refractivity (Wildman–Crippen MR) is 72.8 cm³/mol. The van der Waals surface area contributed by atoms with E-state index in [9.17, 15) is 57.1 Å². The van der Waals surface area contributed by atoms with E-state index >= 15 is 0 Å². The molecule has 14 heteroatoms. The third-order valence-corrected chi connectivity index (χ3v) is 3.56. The number of hydrogen-bond acceptors (Lipinski definition) is 1. The van der Waals surface area contributed by atoms with Crippen molar-refractivity contribution in [2.45, 2.75) is 35.8 Å². The Kier molecular flexibility index (Phi) is 6.24. The van der Waals surface area contributed by atoms with Gasteiger partial charge in [0.25, 0.3) is 0 Å². The summed E-state index contributed by atoms with van der Waals surface area (Å²) < 4.78 is 173. The van der Waals surface area contributed by atoms with Crippen LogP contribution in [0.5, 0.6) is 5.75 Å². The van der Waals surface area contributed by atoms with Gasteiger partial charge in [0.05, 0.1) is 7.11 Å². The normalized spacial score (nSPS) is 15.1. The second-order valence-electron chi connectivity index (χ2n) is 5.52. The molecule has 1 aromatic carbocycles. The average molecular weight is 452 g/mol. The van der Waals surface area contributed by atoms with Crippen molar-refractivity contribution in [3.05, 3.63) is 35.9 Å². The largest absolute Gasteiger partial charge is 0.497 e. The molecule has 0 bridgehead atoms. The summed E-state index contributed by atoms with van der Waals surface area (Å²) in [6, 6.07) is 4.08. The number of allylic oxidation sites excluding steroid dienone is 1. The molecule has 0 aliphatic rings. The first-order chi connectivity index (χ1) is 12.8. The molecule has 0 N–H and O–H groups in total. The molecule has 0 atom stereocenters. The van der Waals surface area contributed by atoms with Gasteiger partial charge in [0, 0.05) is 0 Å². The Bertz CT molecular complexity index is 732. The summed E-state index contributed by atoms with van der Waals surface area (Å²) in [5, 5.41) is 0. The molecule has 0 heterocycles. The molecule has 0 aromatic heterocycles. The third-order valence-electron chi connectivity index (χ3n) is 3.56. The zero-order valence-electron chi connectivity index (χ0n) is 13.8. The lowest BCUT2D eigenvalue weighted by molar-refractivity contribution is -0.436. The average Bonchev–Trinajstić information content (AvgIpc) is 2.58. The summed E-state index contributed by atoms with van der Waals surface area (Å²) in [7, 11) is 1.19. The highest BCUT2D eigenvalue weighted by molar-refractivity contribution is 5.52. The van der Waals surface area contributed by atoms with Crippen molar-refractivity contribution in [3.63, 3.8) is 0 Å². The minimum atomic E-state index is -7.90. The molecule has 1 aromatic rings. The van der Waals surface area contributed by atoms with Gasteiger partial charge in [-0.2, -0.15) is 57.1 Å². The third kappa shape index (κ3) is 3.97. The van der Waals surface area contributed by atoms with Crippen LogP contribution in [0.4, 0.5) is 57.1 Å². The Morgan fingerprint density at radius 3 is 1.41 bits per heavy atom. The summed E-state index contributed by atoms with van der Waals surface area (Å²) in [5.41, 5.74) is -0.364. The van der Waals surface area contributed by atoms with Gasteiger partial charge in [-0.3, -0.25) is 0 Å². The maximum absolute atomic E-state index is 13.5. The quantitative estimate of drug-likeness (QED) is 0.433. The Morgan fingerprint density at radius 2 is 1.03 bits per heavy atom. The van der Waals surface area contributed by atoms with E-state index in [0.29, 0.717) is 0 Å². The maximum atomic E-state index is 13.5. The van der Waals surface area contributed by atoms with E-state index in [0.717, 1.165) is 24.3 Å². The molecule has 0 fully saturated rings. The highest BCUT2D eigenvalue weighted by Gasteiger charge is 2.90. The Hall–Kier alpha value is -2.15. The minimum Gasteiger partial charge on any atom is -0.497 e. The molecule has 0 spiro atoms. The Labute approximate surface area is 153 Å². The lowest BCUT2D eigenvalue weighted by Crippen LogP contribution is -2.69. The van der Waals surface area contributed by atoms with Crippen molar-refractivity contribution >= 4 is 6.08 Å². The van der Waals surface area contributed by atoms with Gasteiger partial charge in [-0.1, -0.05) is 18.2 Å². The maximum Gasteiger partial charge on any atom is 0.460 e. The van der Waals surface area contributed by atoms with Crippen LogP contribution in [-0.4, -0.2) is 42.9 Å². The first kappa shape index (κ1) is 24.9. The standard InChI is InChI=1S/C15H9F13O/c1-29-9-4-2-8(3-5-9)6-7-10(16,17)11(18,19)12(20,21)13(22,23)14(24,25)15(26,27)28/h2-7H,1H3/b7-6+. The van der Waals surface area contributed by atoms with Crippen LogP contribution in [0.25, 0.3) is 6.08 Å². The molecule has 0 saturated heterocycles. The highest BCUT2D eigenvalue weighted by Crippen LogP contribution is 2.60. The number of benzene rings is 1. The number of ether oxygens (including phenoxy) is 1. The van der Waals surface area contributed by atoms with Crippen LogP contribution in [0.1, 0.15) is 5.56 Å². The first-order valence-corrected chi connectivity index (χ1v) is 7.05. The Balaban J connectivity index is 3.35. The molecule has 0 saturated carbocycles. The fourth-order valence-corrected chi connectivity index (χ4v) is 1.80. The number of rotatable bonds is 7. The van der Waals surface area contributed by atoms with E-state index < -0.39 is 41.9 Å². The van der Waals surface area contributed by atoms with Crippen molar-refractivity contribution in [2.24, 2.45) is 0 Å². The van der Waals surface area contributed by atoms with E-state index in [1.807, 2.05) is 0 Å². The monoisotopic (exact) mass is 452 g/mol. The van der Waals surface area contributed by atoms with Gasteiger partial charge < -0.3 is 4.74 Å². The van der Waals surface area contributed by atoms with Crippen LogP contribution >= 0.6 is 0 Å². The molecule has 166 valence electrons. The van der Waals surface area contributed by atoms with E-state index in [1.165, 1.54) is 7.11 Å². The van der Waals surface area contributed by atoms with Gasteiger partial charge in [0.15, 0.2) is 0 Å². The zero-order valence-corrected chi connectivity index (χ0v) is 13.8. The van der Waals surface area contributed by atoms with Crippen LogP contribution in [0, 0.1) is 0 Å². The topological polar surface area (TPSA) is 9.23 Å². The highest BCUT2D eigenvalue weighted by atomic mass is 19.4. The molecule has 0 aliphatic carbocycles. The molecule has 1 rings (SSSR count). The summed E-state index contributed by atoms with van der Waals surface area (Å²) >= 11 is 0.